The van der Waals surface area contributed by atoms with Crippen LogP contribution in [0.25, 0.3) is 0 Å². The van der Waals surface area contributed by atoms with Gasteiger partial charge in [0, 0.05) is 12.2 Å². The Hall–Kier alpha value is -1.48. The van der Waals surface area contributed by atoms with Crippen LogP contribution in [0.4, 0.5) is 5.69 Å². The zero-order chi connectivity index (χ0) is 13.1. The van der Waals surface area contributed by atoms with E-state index in [1.165, 1.54) is 5.56 Å². The molecule has 0 amide bonds. The van der Waals surface area contributed by atoms with Gasteiger partial charge in [0.2, 0.25) is 0 Å². The second-order valence-electron chi connectivity index (χ2n) is 4.72. The molecule has 0 spiro atoms. The smallest absolute Gasteiger partial charge is 0.0951 e. The van der Waals surface area contributed by atoms with Crippen LogP contribution in [0, 0.1) is 6.92 Å². The average molecular weight is 264 g/mol. The van der Waals surface area contributed by atoms with E-state index in [4.69, 9.17) is 11.6 Å². The minimum Gasteiger partial charge on any atom is -0.378 e. The van der Waals surface area contributed by atoms with Gasteiger partial charge in [0.05, 0.1) is 29.3 Å². The Morgan fingerprint density at radius 2 is 2.17 bits per heavy atom. The second-order valence-corrected chi connectivity index (χ2v) is 5.13. The van der Waals surface area contributed by atoms with Crippen LogP contribution in [0.5, 0.6) is 0 Å². The van der Waals surface area contributed by atoms with Crippen molar-refractivity contribution in [2.75, 3.05) is 5.32 Å². The highest BCUT2D eigenvalue weighted by molar-refractivity contribution is 6.33. The number of rotatable bonds is 4. The number of imidazole rings is 1. The van der Waals surface area contributed by atoms with Crippen LogP contribution < -0.4 is 5.32 Å². The number of nitrogens with zero attached hydrogens (tertiary/aromatic N) is 2. The molecule has 1 N–H and O–H groups in total. The molecule has 1 aromatic carbocycles. The standard InChI is InChI=1S/C14H18ClN3/c1-10(2)18-9-16-7-12(18)8-17-14-6-11(3)4-5-13(14)15/h4-7,9-10,17H,8H2,1-3H3. The number of aromatic nitrogens is 2. The lowest BCUT2D eigenvalue weighted by Gasteiger charge is -2.14. The van der Waals surface area contributed by atoms with Crippen molar-refractivity contribution < 1.29 is 0 Å². The molecular weight excluding hydrogens is 246 g/mol. The van der Waals surface area contributed by atoms with E-state index in [0.29, 0.717) is 6.04 Å². The van der Waals surface area contributed by atoms with Crippen molar-refractivity contribution in [1.82, 2.24) is 9.55 Å². The third-order valence-corrected chi connectivity index (χ3v) is 3.21. The number of aryl methyl sites for hydroxylation is 1. The molecule has 0 fully saturated rings. The molecule has 0 unspecified atom stereocenters. The molecule has 1 heterocycles. The summed E-state index contributed by atoms with van der Waals surface area (Å²) < 4.78 is 2.15. The molecule has 0 aliphatic heterocycles. The predicted octanol–water partition coefficient (Wildman–Crippen LogP) is 4.04. The summed E-state index contributed by atoms with van der Waals surface area (Å²) in [6, 6.07) is 6.39. The largest absolute Gasteiger partial charge is 0.378 e. The fourth-order valence-electron chi connectivity index (χ4n) is 1.89. The monoisotopic (exact) mass is 263 g/mol. The highest BCUT2D eigenvalue weighted by Gasteiger charge is 2.06. The van der Waals surface area contributed by atoms with Crippen molar-refractivity contribution in [2.45, 2.75) is 33.4 Å². The normalized spacial score (nSPS) is 10.9. The molecule has 0 saturated carbocycles. The quantitative estimate of drug-likeness (QED) is 0.902. The van der Waals surface area contributed by atoms with E-state index in [9.17, 15) is 0 Å². The number of halogens is 1. The molecule has 0 aliphatic carbocycles. The summed E-state index contributed by atoms with van der Waals surface area (Å²) >= 11 is 6.15. The minimum absolute atomic E-state index is 0.414. The van der Waals surface area contributed by atoms with Crippen LogP contribution >= 0.6 is 11.6 Å². The minimum atomic E-state index is 0.414. The molecule has 0 radical (unpaired) electrons. The lowest BCUT2D eigenvalue weighted by atomic mass is 10.2. The van der Waals surface area contributed by atoms with E-state index < -0.39 is 0 Å². The topological polar surface area (TPSA) is 29.9 Å². The maximum atomic E-state index is 6.15. The molecule has 0 atom stereocenters. The molecule has 1 aromatic heterocycles. The van der Waals surface area contributed by atoms with Gasteiger partial charge in [-0.15, -0.1) is 0 Å². The van der Waals surface area contributed by atoms with Crippen LogP contribution in [0.1, 0.15) is 31.1 Å². The Labute approximate surface area is 113 Å². The van der Waals surface area contributed by atoms with Crippen molar-refractivity contribution in [3.8, 4) is 0 Å². The number of nitrogens with one attached hydrogen (secondary N) is 1. The molecular formula is C14H18ClN3. The highest BCUT2D eigenvalue weighted by Crippen LogP contribution is 2.23. The van der Waals surface area contributed by atoms with Gasteiger partial charge < -0.3 is 9.88 Å². The molecule has 4 heteroatoms. The van der Waals surface area contributed by atoms with Gasteiger partial charge in [-0.2, -0.15) is 0 Å². The van der Waals surface area contributed by atoms with Crippen molar-refractivity contribution in [2.24, 2.45) is 0 Å². The molecule has 2 rings (SSSR count). The Kier molecular flexibility index (Phi) is 3.92. The van der Waals surface area contributed by atoms with Gasteiger partial charge in [-0.3, -0.25) is 0 Å². The number of hydrogen-bond donors (Lipinski definition) is 1. The van der Waals surface area contributed by atoms with E-state index >= 15 is 0 Å². The maximum absolute atomic E-state index is 6.15. The molecule has 2 aromatic rings. The third kappa shape index (κ3) is 2.85. The van der Waals surface area contributed by atoms with E-state index in [2.05, 4.69) is 41.7 Å². The zero-order valence-corrected chi connectivity index (χ0v) is 11.7. The summed E-state index contributed by atoms with van der Waals surface area (Å²) in [6.45, 7) is 7.07. The average Bonchev–Trinajstić information content (AvgIpc) is 2.79. The number of hydrogen-bond acceptors (Lipinski definition) is 2. The molecule has 0 bridgehead atoms. The summed E-state index contributed by atoms with van der Waals surface area (Å²) in [5.41, 5.74) is 3.31. The third-order valence-electron chi connectivity index (χ3n) is 2.88. The van der Waals surface area contributed by atoms with E-state index in [1.54, 1.807) is 0 Å². The first kappa shape index (κ1) is 13.0. The van der Waals surface area contributed by atoms with Crippen molar-refractivity contribution in [1.29, 1.82) is 0 Å². The van der Waals surface area contributed by atoms with Crippen molar-refractivity contribution in [3.05, 3.63) is 47.0 Å². The summed E-state index contributed by atoms with van der Waals surface area (Å²) in [6.07, 6.45) is 3.75. The van der Waals surface area contributed by atoms with Gasteiger partial charge in [-0.1, -0.05) is 17.7 Å². The van der Waals surface area contributed by atoms with Gasteiger partial charge in [-0.25, -0.2) is 4.98 Å². The highest BCUT2D eigenvalue weighted by atomic mass is 35.5. The fourth-order valence-corrected chi connectivity index (χ4v) is 2.08. The SMILES string of the molecule is Cc1ccc(Cl)c(NCc2cncn2C(C)C)c1. The lowest BCUT2D eigenvalue weighted by molar-refractivity contribution is 0.577. The Morgan fingerprint density at radius 3 is 2.89 bits per heavy atom. The second kappa shape index (κ2) is 5.44. The lowest BCUT2D eigenvalue weighted by Crippen LogP contribution is -2.09. The van der Waals surface area contributed by atoms with E-state index in [1.807, 2.05) is 24.7 Å². The van der Waals surface area contributed by atoms with Crippen LogP contribution in [0.3, 0.4) is 0 Å². The summed E-state index contributed by atoms with van der Waals surface area (Å²) in [5.74, 6) is 0. The summed E-state index contributed by atoms with van der Waals surface area (Å²) in [5, 5.41) is 4.11. The fraction of sp³-hybridized carbons (Fsp3) is 0.357. The van der Waals surface area contributed by atoms with E-state index in [0.717, 1.165) is 22.9 Å². The van der Waals surface area contributed by atoms with Crippen LogP contribution in [0.15, 0.2) is 30.7 Å². The zero-order valence-electron chi connectivity index (χ0n) is 10.9. The molecule has 96 valence electrons. The van der Waals surface area contributed by atoms with Crippen molar-refractivity contribution in [3.63, 3.8) is 0 Å². The Balaban J connectivity index is 2.11. The van der Waals surface area contributed by atoms with Gasteiger partial charge >= 0.3 is 0 Å². The van der Waals surface area contributed by atoms with Gasteiger partial charge in [0.25, 0.3) is 0 Å². The van der Waals surface area contributed by atoms with Gasteiger partial charge in [0.1, 0.15) is 0 Å². The molecule has 3 nitrogen and oxygen atoms in total. The first-order valence-electron chi connectivity index (χ1n) is 6.08. The Bertz CT molecular complexity index is 532. The first-order chi connectivity index (χ1) is 8.58. The van der Waals surface area contributed by atoms with Crippen molar-refractivity contribution >= 4 is 17.3 Å². The molecule has 18 heavy (non-hydrogen) atoms. The summed E-state index contributed by atoms with van der Waals surface area (Å²) in [4.78, 5) is 4.19. The summed E-state index contributed by atoms with van der Waals surface area (Å²) in [7, 11) is 0. The number of benzene rings is 1. The van der Waals surface area contributed by atoms with E-state index in [-0.39, 0.29) is 0 Å². The maximum Gasteiger partial charge on any atom is 0.0951 e. The Morgan fingerprint density at radius 1 is 1.39 bits per heavy atom. The van der Waals surface area contributed by atoms with Crippen LogP contribution in [-0.2, 0) is 6.54 Å². The molecule has 0 aliphatic rings. The van der Waals surface area contributed by atoms with Gasteiger partial charge in [-0.05, 0) is 38.5 Å². The first-order valence-corrected chi connectivity index (χ1v) is 6.46. The van der Waals surface area contributed by atoms with Crippen LogP contribution in [0.2, 0.25) is 5.02 Å². The molecule has 0 saturated heterocycles. The van der Waals surface area contributed by atoms with Crippen LogP contribution in [-0.4, -0.2) is 9.55 Å². The predicted molar refractivity (Wildman–Crippen MR) is 76.1 cm³/mol. The number of anilines is 1. The van der Waals surface area contributed by atoms with Gasteiger partial charge in [0.15, 0.2) is 0 Å².